The molecule has 0 amide bonds. The topological polar surface area (TPSA) is 0 Å². The SMILES string of the molecule is [CH2]C(C)=Cc1ccc(Cl)cc1. The molecular weight excluding hydrogens is 156 g/mol. The Morgan fingerprint density at radius 1 is 1.36 bits per heavy atom. The maximum Gasteiger partial charge on any atom is 0.0406 e. The summed E-state index contributed by atoms with van der Waals surface area (Å²) in [5.41, 5.74) is 2.19. The van der Waals surface area contributed by atoms with E-state index in [9.17, 15) is 0 Å². The van der Waals surface area contributed by atoms with E-state index in [0.717, 1.165) is 16.2 Å². The first-order valence-electron chi connectivity index (χ1n) is 3.44. The zero-order valence-electron chi connectivity index (χ0n) is 6.47. The highest BCUT2D eigenvalue weighted by atomic mass is 35.5. The van der Waals surface area contributed by atoms with Gasteiger partial charge in [0.2, 0.25) is 0 Å². The average Bonchev–Trinajstić information content (AvgIpc) is 1.93. The minimum atomic E-state index is 0.767. The van der Waals surface area contributed by atoms with Gasteiger partial charge in [0, 0.05) is 5.02 Å². The summed E-state index contributed by atoms with van der Waals surface area (Å²) < 4.78 is 0. The first-order chi connectivity index (χ1) is 5.18. The molecule has 1 aromatic rings. The molecule has 0 N–H and O–H groups in total. The van der Waals surface area contributed by atoms with E-state index in [1.807, 2.05) is 37.3 Å². The first kappa shape index (κ1) is 8.35. The van der Waals surface area contributed by atoms with Gasteiger partial charge in [-0.1, -0.05) is 35.4 Å². The van der Waals surface area contributed by atoms with Crippen LogP contribution >= 0.6 is 11.6 Å². The quantitative estimate of drug-likeness (QED) is 0.597. The summed E-state index contributed by atoms with van der Waals surface area (Å²) in [6.07, 6.45) is 2.01. The van der Waals surface area contributed by atoms with Crippen molar-refractivity contribution in [3.63, 3.8) is 0 Å². The standard InChI is InChI=1S/C10H10Cl/c1-8(2)7-9-3-5-10(11)6-4-9/h3-7H,1H2,2H3. The van der Waals surface area contributed by atoms with Crippen LogP contribution in [0.25, 0.3) is 6.08 Å². The number of allylic oxidation sites excluding steroid dienone is 1. The van der Waals surface area contributed by atoms with Gasteiger partial charge in [0.05, 0.1) is 0 Å². The Balaban J connectivity index is 2.91. The van der Waals surface area contributed by atoms with Crippen LogP contribution in [-0.4, -0.2) is 0 Å². The molecule has 1 heteroatoms. The summed E-state index contributed by atoms with van der Waals surface area (Å²) in [6, 6.07) is 7.68. The van der Waals surface area contributed by atoms with E-state index in [4.69, 9.17) is 11.6 Å². The van der Waals surface area contributed by atoms with Crippen molar-refractivity contribution in [2.45, 2.75) is 6.92 Å². The van der Waals surface area contributed by atoms with E-state index in [2.05, 4.69) is 6.92 Å². The Hall–Kier alpha value is -0.750. The third-order valence-electron chi connectivity index (χ3n) is 1.28. The Bertz CT molecular complexity index is 253. The summed E-state index contributed by atoms with van der Waals surface area (Å²) in [6.45, 7) is 5.75. The summed E-state index contributed by atoms with van der Waals surface area (Å²) in [5, 5.41) is 0.767. The van der Waals surface area contributed by atoms with Gasteiger partial charge < -0.3 is 0 Å². The number of benzene rings is 1. The third-order valence-corrected chi connectivity index (χ3v) is 1.54. The maximum absolute atomic E-state index is 5.71. The van der Waals surface area contributed by atoms with E-state index in [1.165, 1.54) is 0 Å². The second-order valence-electron chi connectivity index (χ2n) is 2.54. The van der Waals surface area contributed by atoms with Crippen molar-refractivity contribution in [3.05, 3.63) is 47.3 Å². The lowest BCUT2D eigenvalue weighted by Gasteiger charge is -1.93. The minimum Gasteiger partial charge on any atom is -0.0843 e. The van der Waals surface area contributed by atoms with E-state index >= 15 is 0 Å². The van der Waals surface area contributed by atoms with Gasteiger partial charge in [0.25, 0.3) is 0 Å². The van der Waals surface area contributed by atoms with Crippen molar-refractivity contribution in [2.75, 3.05) is 0 Å². The number of rotatable bonds is 1. The van der Waals surface area contributed by atoms with Crippen LogP contribution in [0.3, 0.4) is 0 Å². The molecule has 1 rings (SSSR count). The lowest BCUT2D eigenvalue weighted by molar-refractivity contribution is 1.55. The second-order valence-corrected chi connectivity index (χ2v) is 2.98. The number of halogens is 1. The van der Waals surface area contributed by atoms with Crippen LogP contribution in [0, 0.1) is 6.92 Å². The number of hydrogen-bond donors (Lipinski definition) is 0. The van der Waals surface area contributed by atoms with E-state index < -0.39 is 0 Å². The van der Waals surface area contributed by atoms with Crippen molar-refractivity contribution in [2.24, 2.45) is 0 Å². The molecule has 0 fully saturated rings. The highest BCUT2D eigenvalue weighted by Crippen LogP contribution is 2.11. The van der Waals surface area contributed by atoms with Crippen molar-refractivity contribution in [1.29, 1.82) is 0 Å². The summed E-state index contributed by atoms with van der Waals surface area (Å²) in [5.74, 6) is 0. The Labute approximate surface area is 72.5 Å². The predicted molar refractivity (Wildman–Crippen MR) is 50.5 cm³/mol. The van der Waals surface area contributed by atoms with Crippen LogP contribution in [0.5, 0.6) is 0 Å². The number of hydrogen-bond acceptors (Lipinski definition) is 0. The zero-order chi connectivity index (χ0) is 8.27. The van der Waals surface area contributed by atoms with Gasteiger partial charge in [0.15, 0.2) is 0 Å². The van der Waals surface area contributed by atoms with E-state index in [0.29, 0.717) is 0 Å². The molecule has 0 nitrogen and oxygen atoms in total. The molecule has 0 aliphatic carbocycles. The molecular formula is C10H10Cl. The molecule has 0 aromatic heterocycles. The minimum absolute atomic E-state index is 0.767. The molecule has 0 saturated carbocycles. The molecule has 57 valence electrons. The van der Waals surface area contributed by atoms with E-state index in [1.54, 1.807) is 0 Å². The van der Waals surface area contributed by atoms with Crippen LogP contribution in [-0.2, 0) is 0 Å². The monoisotopic (exact) mass is 165 g/mol. The van der Waals surface area contributed by atoms with Gasteiger partial charge >= 0.3 is 0 Å². The summed E-state index contributed by atoms with van der Waals surface area (Å²) in [4.78, 5) is 0. The Morgan fingerprint density at radius 3 is 2.36 bits per heavy atom. The van der Waals surface area contributed by atoms with Crippen LogP contribution < -0.4 is 0 Å². The van der Waals surface area contributed by atoms with Crippen molar-refractivity contribution in [3.8, 4) is 0 Å². The average molecular weight is 166 g/mol. The predicted octanol–water partition coefficient (Wildman–Crippen LogP) is 3.58. The summed E-state index contributed by atoms with van der Waals surface area (Å²) in [7, 11) is 0. The van der Waals surface area contributed by atoms with Gasteiger partial charge in [-0.2, -0.15) is 0 Å². The molecule has 11 heavy (non-hydrogen) atoms. The fraction of sp³-hybridized carbons (Fsp3) is 0.100. The second kappa shape index (κ2) is 3.59. The van der Waals surface area contributed by atoms with Gasteiger partial charge in [-0.3, -0.25) is 0 Å². The Morgan fingerprint density at radius 2 is 1.91 bits per heavy atom. The normalized spacial score (nSPS) is 11.7. The van der Waals surface area contributed by atoms with Crippen molar-refractivity contribution < 1.29 is 0 Å². The fourth-order valence-electron chi connectivity index (χ4n) is 0.844. The molecule has 1 aromatic carbocycles. The summed E-state index contributed by atoms with van der Waals surface area (Å²) >= 11 is 5.71. The lowest BCUT2D eigenvalue weighted by Crippen LogP contribution is -1.71. The molecule has 0 spiro atoms. The van der Waals surface area contributed by atoms with Crippen LogP contribution in [0.15, 0.2) is 29.8 Å². The van der Waals surface area contributed by atoms with Gasteiger partial charge in [-0.05, 0) is 31.5 Å². The molecule has 0 aliphatic heterocycles. The highest BCUT2D eigenvalue weighted by Gasteiger charge is 1.87. The molecule has 0 heterocycles. The van der Waals surface area contributed by atoms with Crippen molar-refractivity contribution >= 4 is 17.7 Å². The Kier molecular flexibility index (Phi) is 2.72. The van der Waals surface area contributed by atoms with Crippen LogP contribution in [0.2, 0.25) is 5.02 Å². The van der Waals surface area contributed by atoms with Gasteiger partial charge in [-0.15, -0.1) is 0 Å². The smallest absolute Gasteiger partial charge is 0.0406 e. The van der Waals surface area contributed by atoms with Crippen LogP contribution in [0.4, 0.5) is 0 Å². The molecule has 0 unspecified atom stereocenters. The van der Waals surface area contributed by atoms with Crippen LogP contribution in [0.1, 0.15) is 12.5 Å². The maximum atomic E-state index is 5.71. The lowest BCUT2D eigenvalue weighted by atomic mass is 10.2. The van der Waals surface area contributed by atoms with Crippen molar-refractivity contribution in [1.82, 2.24) is 0 Å². The van der Waals surface area contributed by atoms with Gasteiger partial charge in [0.1, 0.15) is 0 Å². The molecule has 0 bridgehead atoms. The molecule has 0 atom stereocenters. The molecule has 1 radical (unpaired) electrons. The van der Waals surface area contributed by atoms with Gasteiger partial charge in [-0.25, -0.2) is 0 Å². The fourth-order valence-corrected chi connectivity index (χ4v) is 0.970. The van der Waals surface area contributed by atoms with E-state index in [-0.39, 0.29) is 0 Å². The third kappa shape index (κ3) is 2.77. The zero-order valence-corrected chi connectivity index (χ0v) is 7.23. The highest BCUT2D eigenvalue weighted by molar-refractivity contribution is 6.30. The molecule has 0 aliphatic rings. The first-order valence-corrected chi connectivity index (χ1v) is 3.82. The molecule has 0 saturated heterocycles. The largest absolute Gasteiger partial charge is 0.0843 e.